The Bertz CT molecular complexity index is 1350. The highest BCUT2D eigenvalue weighted by atomic mass is 32.2. The summed E-state index contributed by atoms with van der Waals surface area (Å²) in [5.41, 5.74) is 2.61. The first-order chi connectivity index (χ1) is 19.0. The minimum Gasteiger partial charge on any atom is -0.354 e. The number of carbonyl (C=O) groups is 4. The second-order valence-electron chi connectivity index (χ2n) is 9.57. The third-order valence-electron chi connectivity index (χ3n) is 6.86. The van der Waals surface area contributed by atoms with Crippen molar-refractivity contribution in [1.82, 2.24) is 16.0 Å². The molecule has 1 fully saturated rings. The molecule has 3 N–H and O–H groups in total. The van der Waals surface area contributed by atoms with E-state index in [2.05, 4.69) is 16.0 Å². The Kier molecular flexibility index (Phi) is 8.27. The van der Waals surface area contributed by atoms with Crippen molar-refractivity contribution in [2.24, 2.45) is 0 Å². The van der Waals surface area contributed by atoms with E-state index < -0.39 is 23.2 Å². The van der Waals surface area contributed by atoms with Crippen molar-refractivity contribution in [2.75, 3.05) is 18.0 Å². The lowest BCUT2D eigenvalue weighted by molar-refractivity contribution is -0.130. The van der Waals surface area contributed by atoms with Gasteiger partial charge in [-0.2, -0.15) is 0 Å². The lowest BCUT2D eigenvalue weighted by atomic mass is 10.0. The molecule has 0 spiro atoms. The third kappa shape index (κ3) is 6.31. The predicted octanol–water partition coefficient (Wildman–Crippen LogP) is 2.99. The summed E-state index contributed by atoms with van der Waals surface area (Å²) in [5.74, 6) is -1.25. The average molecular weight is 543 g/mol. The molecule has 8 nitrogen and oxygen atoms in total. The molecule has 39 heavy (non-hydrogen) atoms. The van der Waals surface area contributed by atoms with Crippen molar-refractivity contribution in [1.29, 1.82) is 0 Å². The first-order valence-electron chi connectivity index (χ1n) is 13.0. The number of para-hydroxylation sites is 1. The van der Waals surface area contributed by atoms with Crippen molar-refractivity contribution >= 4 is 41.1 Å². The number of anilines is 1. The molecule has 0 aliphatic carbocycles. The van der Waals surface area contributed by atoms with Crippen LogP contribution in [0.3, 0.4) is 0 Å². The van der Waals surface area contributed by atoms with Crippen molar-refractivity contribution in [3.05, 3.63) is 96.1 Å². The van der Waals surface area contributed by atoms with Gasteiger partial charge < -0.3 is 20.9 Å². The molecule has 3 aromatic carbocycles. The minimum absolute atomic E-state index is 0.181. The number of amides is 4. The Morgan fingerprint density at radius 1 is 0.923 bits per heavy atom. The minimum atomic E-state index is -0.952. The van der Waals surface area contributed by atoms with E-state index in [1.165, 1.54) is 16.7 Å². The molecule has 0 radical (unpaired) electrons. The summed E-state index contributed by atoms with van der Waals surface area (Å²) in [6.45, 7) is 0.259. The Hall–Kier alpha value is -4.11. The smallest absolute Gasteiger partial charge is 0.251 e. The van der Waals surface area contributed by atoms with Gasteiger partial charge in [-0.15, -0.1) is 11.8 Å². The van der Waals surface area contributed by atoms with Gasteiger partial charge in [-0.1, -0.05) is 72.8 Å². The van der Waals surface area contributed by atoms with Gasteiger partial charge in [-0.05, 0) is 36.1 Å². The summed E-state index contributed by atoms with van der Waals surface area (Å²) in [7, 11) is 0. The van der Waals surface area contributed by atoms with Crippen LogP contribution in [0.15, 0.2) is 89.8 Å². The molecule has 2 aliphatic heterocycles. The first-order valence-corrected chi connectivity index (χ1v) is 13.9. The van der Waals surface area contributed by atoms with Crippen LogP contribution < -0.4 is 20.9 Å². The second kappa shape index (κ2) is 12.2. The molecule has 4 amide bonds. The number of hydrogen-bond donors (Lipinski definition) is 3. The maximum Gasteiger partial charge on any atom is 0.251 e. The maximum atomic E-state index is 14.2. The topological polar surface area (TPSA) is 108 Å². The second-order valence-corrected chi connectivity index (χ2v) is 10.8. The zero-order valence-corrected chi connectivity index (χ0v) is 22.2. The van der Waals surface area contributed by atoms with E-state index in [0.717, 1.165) is 16.0 Å². The first kappa shape index (κ1) is 26.5. The van der Waals surface area contributed by atoms with Gasteiger partial charge in [0.2, 0.25) is 17.7 Å². The van der Waals surface area contributed by atoms with Crippen LogP contribution >= 0.6 is 11.8 Å². The van der Waals surface area contributed by atoms with E-state index >= 15 is 0 Å². The number of nitrogens with zero attached hydrogens (tertiary/aromatic N) is 1. The molecule has 2 aliphatic rings. The largest absolute Gasteiger partial charge is 0.354 e. The highest BCUT2D eigenvalue weighted by Gasteiger charge is 2.41. The summed E-state index contributed by atoms with van der Waals surface area (Å²) in [4.78, 5) is 54.4. The van der Waals surface area contributed by atoms with Gasteiger partial charge in [-0.25, -0.2) is 0 Å². The molecule has 0 unspecified atom stereocenters. The normalized spacial score (nSPS) is 20.5. The lowest BCUT2D eigenvalue weighted by Gasteiger charge is -2.29. The number of benzene rings is 3. The summed E-state index contributed by atoms with van der Waals surface area (Å²) in [6, 6.07) is 25.2. The fourth-order valence-corrected chi connectivity index (χ4v) is 6.20. The van der Waals surface area contributed by atoms with Crippen LogP contribution in [-0.4, -0.2) is 48.8 Å². The highest BCUT2D eigenvalue weighted by Crippen LogP contribution is 2.45. The van der Waals surface area contributed by atoms with Crippen LogP contribution in [0.1, 0.15) is 29.2 Å². The third-order valence-corrected chi connectivity index (χ3v) is 8.26. The van der Waals surface area contributed by atoms with Gasteiger partial charge in [0, 0.05) is 17.9 Å². The van der Waals surface area contributed by atoms with E-state index in [1.54, 1.807) is 0 Å². The summed E-state index contributed by atoms with van der Waals surface area (Å²) < 4.78 is 0. The number of nitrogens with one attached hydrogen (secondary N) is 3. The molecule has 0 aromatic heterocycles. The number of rotatable bonds is 8. The molecule has 0 saturated carbocycles. The predicted molar refractivity (Wildman–Crippen MR) is 150 cm³/mol. The molecule has 200 valence electrons. The van der Waals surface area contributed by atoms with Gasteiger partial charge >= 0.3 is 0 Å². The van der Waals surface area contributed by atoms with Gasteiger partial charge in [0.05, 0.1) is 10.9 Å². The fraction of sp³-hybridized carbons (Fsp3) is 0.267. The molecule has 3 atom stereocenters. The SMILES string of the molecule is O=C(CN1C(=O)[C@@H](NC(=O)[C@@H]2CCC(=O)N2)[C@@H](c2ccccc2)Sc2ccccc21)NCCc1ccccc1. The summed E-state index contributed by atoms with van der Waals surface area (Å²) >= 11 is 1.48. The molecule has 1 saturated heterocycles. The lowest BCUT2D eigenvalue weighted by Crippen LogP contribution is -2.55. The van der Waals surface area contributed by atoms with Gasteiger partial charge in [-0.3, -0.25) is 19.2 Å². The number of hydrogen-bond acceptors (Lipinski definition) is 5. The van der Waals surface area contributed by atoms with Gasteiger partial charge in [0.1, 0.15) is 18.6 Å². The van der Waals surface area contributed by atoms with Crippen molar-refractivity contribution < 1.29 is 19.2 Å². The van der Waals surface area contributed by atoms with Crippen molar-refractivity contribution in [3.63, 3.8) is 0 Å². The Labute approximate surface area is 231 Å². The molecule has 9 heteroatoms. The van der Waals surface area contributed by atoms with Gasteiger partial charge in [0.15, 0.2) is 0 Å². The zero-order chi connectivity index (χ0) is 27.2. The quantitative estimate of drug-likeness (QED) is 0.406. The zero-order valence-electron chi connectivity index (χ0n) is 21.3. The number of thioether (sulfide) groups is 1. The molecular weight excluding hydrogens is 512 g/mol. The monoisotopic (exact) mass is 542 g/mol. The summed E-state index contributed by atoms with van der Waals surface area (Å²) in [6.07, 6.45) is 1.33. The Balaban J connectivity index is 1.40. The molecule has 2 heterocycles. The standard InChI is InChI=1S/C30H30N4O4S/c35-25-16-15-22(32-25)29(37)33-27-28(21-11-5-2-6-12-21)39-24-14-8-7-13-23(24)34(30(27)38)19-26(36)31-18-17-20-9-3-1-4-10-20/h1-14,22,27-28H,15-19H2,(H,31,36)(H,32,35)(H,33,37)/t22-,27-,28+/m0/s1. The average Bonchev–Trinajstić information content (AvgIpc) is 3.36. The van der Waals surface area contributed by atoms with E-state index in [1.807, 2.05) is 84.9 Å². The van der Waals surface area contributed by atoms with E-state index in [0.29, 0.717) is 25.1 Å². The van der Waals surface area contributed by atoms with Crippen molar-refractivity contribution in [3.8, 4) is 0 Å². The van der Waals surface area contributed by atoms with Crippen LogP contribution in [0.2, 0.25) is 0 Å². The van der Waals surface area contributed by atoms with E-state index in [9.17, 15) is 19.2 Å². The van der Waals surface area contributed by atoms with Crippen LogP contribution in [0.4, 0.5) is 5.69 Å². The van der Waals surface area contributed by atoms with Crippen LogP contribution in [-0.2, 0) is 25.6 Å². The molecular formula is C30H30N4O4S. The van der Waals surface area contributed by atoms with Crippen molar-refractivity contribution in [2.45, 2.75) is 41.5 Å². The maximum absolute atomic E-state index is 14.2. The molecule has 3 aromatic rings. The fourth-order valence-electron chi connectivity index (χ4n) is 4.86. The summed E-state index contributed by atoms with van der Waals surface area (Å²) in [5, 5.41) is 8.09. The van der Waals surface area contributed by atoms with Crippen LogP contribution in [0.5, 0.6) is 0 Å². The highest BCUT2D eigenvalue weighted by molar-refractivity contribution is 7.99. The van der Waals surface area contributed by atoms with Crippen LogP contribution in [0, 0.1) is 0 Å². The van der Waals surface area contributed by atoms with Crippen LogP contribution in [0.25, 0.3) is 0 Å². The Morgan fingerprint density at radius 3 is 2.33 bits per heavy atom. The number of carbonyl (C=O) groups excluding carboxylic acids is 4. The Morgan fingerprint density at radius 2 is 1.62 bits per heavy atom. The van der Waals surface area contributed by atoms with E-state index in [-0.39, 0.29) is 30.7 Å². The molecule has 5 rings (SSSR count). The molecule has 0 bridgehead atoms. The number of fused-ring (bicyclic) bond motifs is 1. The van der Waals surface area contributed by atoms with E-state index in [4.69, 9.17) is 0 Å². The van der Waals surface area contributed by atoms with Gasteiger partial charge in [0.25, 0.3) is 5.91 Å².